The number of hydrogen-bond donors (Lipinski definition) is 0. The van der Waals surface area contributed by atoms with Crippen molar-refractivity contribution in [3.8, 4) is 0 Å². The summed E-state index contributed by atoms with van der Waals surface area (Å²) in [7, 11) is 0. The summed E-state index contributed by atoms with van der Waals surface area (Å²) < 4.78 is 0. The van der Waals surface area contributed by atoms with Crippen molar-refractivity contribution >= 4 is 0 Å². The minimum atomic E-state index is 0. The predicted molar refractivity (Wildman–Crippen MR) is 148 cm³/mol. The Morgan fingerprint density at radius 2 is 0.581 bits per heavy atom. The van der Waals surface area contributed by atoms with Crippen molar-refractivity contribution in [1.82, 2.24) is 0 Å². The molecule has 2 N–H and O–H groups in total. The van der Waals surface area contributed by atoms with Crippen LogP contribution in [0, 0.1) is 0 Å². The first-order chi connectivity index (χ1) is 14.7. The molecule has 0 spiro atoms. The smallest absolute Gasteiger partial charge is 0.0351 e. The lowest BCUT2D eigenvalue weighted by atomic mass is 10.1. The van der Waals surface area contributed by atoms with Gasteiger partial charge in [0.25, 0.3) is 0 Å². The average Bonchev–Trinajstić information content (AvgIpc) is 2.77. The zero-order valence-corrected chi connectivity index (χ0v) is 22.7. The van der Waals surface area contributed by atoms with E-state index in [-0.39, 0.29) is 5.48 Å². The van der Waals surface area contributed by atoms with Gasteiger partial charge < -0.3 is 5.48 Å². The quantitative estimate of drug-likeness (QED) is 0.150. The average molecular weight is 439 g/mol. The molecule has 0 aliphatic heterocycles. The van der Waals surface area contributed by atoms with E-state index in [1.165, 1.54) is 116 Å². The third-order valence-electron chi connectivity index (χ3n) is 4.88. The van der Waals surface area contributed by atoms with E-state index >= 15 is 0 Å². The molecule has 0 aromatic carbocycles. The van der Waals surface area contributed by atoms with Gasteiger partial charge in [-0.15, -0.1) is 0 Å². The predicted octanol–water partition coefficient (Wildman–Crippen LogP) is 10.9. The van der Waals surface area contributed by atoms with Gasteiger partial charge in [-0.2, -0.15) is 0 Å². The van der Waals surface area contributed by atoms with Crippen LogP contribution < -0.4 is 0 Å². The molecule has 0 heterocycles. The van der Waals surface area contributed by atoms with Crippen molar-refractivity contribution in [3.63, 3.8) is 0 Å². The lowest BCUT2D eigenvalue weighted by Crippen LogP contribution is -1.73. The maximum Gasteiger partial charge on any atom is -0.0351 e. The molecule has 0 aliphatic rings. The van der Waals surface area contributed by atoms with Crippen molar-refractivity contribution in [1.29, 1.82) is 0 Å². The normalized spacial score (nSPS) is 10.6. The Hall–Kier alpha value is -0.820. The minimum Gasteiger partial charge on any atom is -0.412 e. The largest absolute Gasteiger partial charge is 0.412 e. The Bertz CT molecular complexity index is 275. The summed E-state index contributed by atoms with van der Waals surface area (Å²) in [5.74, 6) is 0. The Kier molecular flexibility index (Phi) is 52.2. The molecule has 31 heavy (non-hydrogen) atoms. The molecular weight excluding hydrogens is 376 g/mol. The van der Waals surface area contributed by atoms with Gasteiger partial charge in [0.05, 0.1) is 0 Å². The van der Waals surface area contributed by atoms with Crippen LogP contribution in [0.3, 0.4) is 0 Å². The zero-order chi connectivity index (χ0) is 23.0. The third-order valence-corrected chi connectivity index (χ3v) is 4.88. The molecule has 0 saturated carbocycles. The van der Waals surface area contributed by atoms with E-state index in [4.69, 9.17) is 0 Å². The molecule has 188 valence electrons. The Labute approximate surface area is 199 Å². The van der Waals surface area contributed by atoms with Crippen LogP contribution in [-0.4, -0.2) is 5.48 Å². The van der Waals surface area contributed by atoms with E-state index in [0.717, 1.165) is 0 Å². The molecule has 0 amide bonds. The van der Waals surface area contributed by atoms with Gasteiger partial charge in [0, 0.05) is 0 Å². The van der Waals surface area contributed by atoms with Gasteiger partial charge in [0.15, 0.2) is 0 Å². The summed E-state index contributed by atoms with van der Waals surface area (Å²) >= 11 is 0. The van der Waals surface area contributed by atoms with Crippen LogP contribution in [-0.2, 0) is 0 Å². The Morgan fingerprint density at radius 1 is 0.323 bits per heavy atom. The molecule has 0 radical (unpaired) electrons. The van der Waals surface area contributed by atoms with E-state index in [1.54, 1.807) is 0 Å². The van der Waals surface area contributed by atoms with Gasteiger partial charge in [0.1, 0.15) is 0 Å². The molecule has 0 aliphatic carbocycles. The maximum absolute atomic E-state index is 2.30. The van der Waals surface area contributed by atoms with Crippen LogP contribution in [0.1, 0.15) is 157 Å². The first-order valence-corrected chi connectivity index (χ1v) is 13.7. The highest BCUT2D eigenvalue weighted by Crippen LogP contribution is 2.04. The first-order valence-electron chi connectivity index (χ1n) is 13.7. The van der Waals surface area contributed by atoms with Crippen molar-refractivity contribution in [2.75, 3.05) is 0 Å². The second kappa shape index (κ2) is 43.1. The lowest BCUT2D eigenvalue weighted by molar-refractivity contribution is 0.674. The van der Waals surface area contributed by atoms with Crippen LogP contribution in [0.15, 0.2) is 36.5 Å². The first kappa shape index (κ1) is 37.5. The molecule has 0 aromatic heterocycles. The molecule has 1 heteroatoms. The summed E-state index contributed by atoms with van der Waals surface area (Å²) in [5, 5.41) is 0. The van der Waals surface area contributed by atoms with Gasteiger partial charge in [-0.25, -0.2) is 0 Å². The van der Waals surface area contributed by atoms with Crippen LogP contribution in [0.2, 0.25) is 0 Å². The van der Waals surface area contributed by atoms with Gasteiger partial charge in [-0.3, -0.25) is 0 Å². The van der Waals surface area contributed by atoms with Gasteiger partial charge in [-0.1, -0.05) is 136 Å². The summed E-state index contributed by atoms with van der Waals surface area (Å²) in [4.78, 5) is 0. The van der Waals surface area contributed by atoms with Crippen molar-refractivity contribution in [3.05, 3.63) is 36.5 Å². The molecule has 0 aromatic rings. The second-order valence-corrected chi connectivity index (χ2v) is 8.19. The fourth-order valence-corrected chi connectivity index (χ4v) is 2.92. The number of allylic oxidation sites excluding steroid dienone is 6. The molecule has 0 atom stereocenters. The van der Waals surface area contributed by atoms with Crippen LogP contribution in [0.4, 0.5) is 0 Å². The van der Waals surface area contributed by atoms with Crippen LogP contribution in [0.25, 0.3) is 0 Å². The highest BCUT2D eigenvalue weighted by molar-refractivity contribution is 4.80. The monoisotopic (exact) mass is 438 g/mol. The SMILES string of the molecule is CC/C=C/CCCCCC.CC/C=C/CCCCCC.CC/C=C/CCCCCC.O. The van der Waals surface area contributed by atoms with Crippen molar-refractivity contribution in [2.45, 2.75) is 157 Å². The highest BCUT2D eigenvalue weighted by atomic mass is 16.0. The molecule has 0 fully saturated rings. The van der Waals surface area contributed by atoms with E-state index in [1.807, 2.05) is 0 Å². The lowest BCUT2D eigenvalue weighted by Gasteiger charge is -1.92. The number of hydrogen-bond acceptors (Lipinski definition) is 0. The summed E-state index contributed by atoms with van der Waals surface area (Å²) in [6.45, 7) is 13.3. The minimum absolute atomic E-state index is 0. The topological polar surface area (TPSA) is 31.5 Å². The highest BCUT2D eigenvalue weighted by Gasteiger charge is 1.84. The van der Waals surface area contributed by atoms with Crippen LogP contribution >= 0.6 is 0 Å². The van der Waals surface area contributed by atoms with Gasteiger partial charge >= 0.3 is 0 Å². The fourth-order valence-electron chi connectivity index (χ4n) is 2.92. The fraction of sp³-hybridized carbons (Fsp3) is 0.800. The molecule has 0 bridgehead atoms. The van der Waals surface area contributed by atoms with Gasteiger partial charge in [0.2, 0.25) is 0 Å². The number of rotatable bonds is 18. The second-order valence-electron chi connectivity index (χ2n) is 8.19. The van der Waals surface area contributed by atoms with Crippen LogP contribution in [0.5, 0.6) is 0 Å². The summed E-state index contributed by atoms with van der Waals surface area (Å²) in [6, 6.07) is 0. The van der Waals surface area contributed by atoms with E-state index in [9.17, 15) is 0 Å². The van der Waals surface area contributed by atoms with E-state index in [2.05, 4.69) is 78.0 Å². The Balaban J connectivity index is -0.000000174. The van der Waals surface area contributed by atoms with Crippen molar-refractivity contribution in [2.24, 2.45) is 0 Å². The van der Waals surface area contributed by atoms with E-state index < -0.39 is 0 Å². The third kappa shape index (κ3) is 52.9. The van der Waals surface area contributed by atoms with E-state index in [0.29, 0.717) is 0 Å². The zero-order valence-electron chi connectivity index (χ0n) is 22.7. The Morgan fingerprint density at radius 3 is 0.774 bits per heavy atom. The molecule has 0 rings (SSSR count). The molecule has 0 saturated heterocycles. The maximum atomic E-state index is 2.30. The van der Waals surface area contributed by atoms with Crippen molar-refractivity contribution < 1.29 is 5.48 Å². The number of unbranched alkanes of at least 4 members (excludes halogenated alkanes) is 12. The molecular formula is C30H62O. The summed E-state index contributed by atoms with van der Waals surface area (Å²) in [5.41, 5.74) is 0. The standard InChI is InChI=1S/3C10H20.H2O/c3*1-3-5-7-9-10-8-6-4-2;/h3*5,7H,3-4,6,8-10H2,1-2H3;1H2/b3*7-5+;. The molecule has 0 unspecified atom stereocenters. The summed E-state index contributed by atoms with van der Waals surface area (Å²) in [6.07, 6.45) is 37.7. The van der Waals surface area contributed by atoms with Gasteiger partial charge in [-0.05, 0) is 57.8 Å². The molecule has 1 nitrogen and oxygen atoms in total.